The number of fused-ring (bicyclic) bond motifs is 1. The molecule has 0 amide bonds. The van der Waals surface area contributed by atoms with Crippen molar-refractivity contribution in [2.75, 3.05) is 19.7 Å². The van der Waals surface area contributed by atoms with Crippen molar-refractivity contribution in [3.63, 3.8) is 0 Å². The Morgan fingerprint density at radius 1 is 1.16 bits per heavy atom. The molecule has 2 aromatic carbocycles. The highest BCUT2D eigenvalue weighted by molar-refractivity contribution is 5.87. The lowest BCUT2D eigenvalue weighted by atomic mass is 9.90. The van der Waals surface area contributed by atoms with Crippen molar-refractivity contribution in [3.05, 3.63) is 65.0 Å². The second kappa shape index (κ2) is 7.61. The lowest BCUT2D eigenvalue weighted by molar-refractivity contribution is -0.0498. The fourth-order valence-electron chi connectivity index (χ4n) is 2.83. The summed E-state index contributed by atoms with van der Waals surface area (Å²) in [5.41, 5.74) is 3.27. The van der Waals surface area contributed by atoms with Gasteiger partial charge in [-0.3, -0.25) is 0 Å². The lowest BCUT2D eigenvalue weighted by Gasteiger charge is -2.25. The fraction of sp³-hybridized carbons (Fsp3) is 0.263. The molecule has 25 heavy (non-hydrogen) atoms. The largest absolute Gasteiger partial charge is 0.489 e. The number of rotatable bonds is 6. The molecule has 1 aliphatic rings. The van der Waals surface area contributed by atoms with Gasteiger partial charge in [0.25, 0.3) is 0 Å². The molecule has 0 unspecified atom stereocenters. The van der Waals surface area contributed by atoms with E-state index in [1.54, 1.807) is 18.2 Å². The molecular formula is C19H18F3NO2. The van der Waals surface area contributed by atoms with Crippen molar-refractivity contribution >= 4 is 5.57 Å². The molecule has 0 aliphatic carbocycles. The minimum atomic E-state index is -2.90. The third-order valence-electron chi connectivity index (χ3n) is 3.92. The van der Waals surface area contributed by atoms with E-state index >= 15 is 0 Å². The Morgan fingerprint density at radius 3 is 2.60 bits per heavy atom. The average molecular weight is 349 g/mol. The van der Waals surface area contributed by atoms with E-state index in [4.69, 9.17) is 4.74 Å². The normalized spacial score (nSPS) is 13.6. The highest BCUT2D eigenvalue weighted by Gasteiger charge is 2.22. The molecule has 132 valence electrons. The Bertz CT molecular complexity index is 773. The number of nitrogens with one attached hydrogen (secondary N) is 1. The zero-order valence-electron chi connectivity index (χ0n) is 13.7. The van der Waals surface area contributed by atoms with Crippen LogP contribution in [0.4, 0.5) is 13.2 Å². The zero-order valence-corrected chi connectivity index (χ0v) is 13.7. The van der Waals surface area contributed by atoms with Gasteiger partial charge in [-0.1, -0.05) is 19.1 Å². The second-order valence-corrected chi connectivity index (χ2v) is 5.59. The first kappa shape index (κ1) is 17.4. The van der Waals surface area contributed by atoms with Gasteiger partial charge in [-0.25, -0.2) is 4.39 Å². The molecule has 0 saturated heterocycles. The fourth-order valence-corrected chi connectivity index (χ4v) is 2.83. The van der Waals surface area contributed by atoms with E-state index in [2.05, 4.69) is 10.1 Å². The van der Waals surface area contributed by atoms with Crippen LogP contribution < -0.4 is 14.8 Å². The van der Waals surface area contributed by atoms with E-state index in [1.165, 1.54) is 24.3 Å². The molecule has 0 fully saturated rings. The van der Waals surface area contributed by atoms with Crippen LogP contribution in [0.15, 0.2) is 48.0 Å². The highest BCUT2D eigenvalue weighted by Crippen LogP contribution is 2.39. The van der Waals surface area contributed by atoms with Gasteiger partial charge in [0.05, 0.1) is 0 Å². The van der Waals surface area contributed by atoms with Crippen molar-refractivity contribution < 1.29 is 22.6 Å². The summed E-state index contributed by atoms with van der Waals surface area (Å²) in [6.07, 6.45) is 0. The van der Waals surface area contributed by atoms with E-state index in [0.717, 1.165) is 23.3 Å². The molecule has 0 aromatic heterocycles. The van der Waals surface area contributed by atoms with Crippen LogP contribution in [0.25, 0.3) is 5.57 Å². The van der Waals surface area contributed by atoms with Crippen molar-refractivity contribution in [2.45, 2.75) is 13.5 Å². The molecule has 3 nitrogen and oxygen atoms in total. The molecule has 1 heterocycles. The van der Waals surface area contributed by atoms with Crippen LogP contribution in [0.2, 0.25) is 0 Å². The Hall–Kier alpha value is -2.47. The van der Waals surface area contributed by atoms with Gasteiger partial charge in [-0.15, -0.1) is 0 Å². The molecule has 2 aromatic rings. The summed E-state index contributed by atoms with van der Waals surface area (Å²) in [6, 6.07) is 10.7. The molecule has 0 bridgehead atoms. The van der Waals surface area contributed by atoms with Crippen molar-refractivity contribution in [3.8, 4) is 11.5 Å². The Balaban J connectivity index is 2.10. The first-order valence-corrected chi connectivity index (χ1v) is 7.99. The minimum Gasteiger partial charge on any atom is -0.489 e. The summed E-state index contributed by atoms with van der Waals surface area (Å²) in [7, 11) is 0. The first-order chi connectivity index (χ1) is 12.1. The summed E-state index contributed by atoms with van der Waals surface area (Å²) < 4.78 is 48.7. The van der Waals surface area contributed by atoms with Gasteiger partial charge < -0.3 is 14.8 Å². The molecule has 0 saturated carbocycles. The predicted octanol–water partition coefficient (Wildman–Crippen LogP) is 4.23. The summed E-state index contributed by atoms with van der Waals surface area (Å²) >= 11 is 0. The van der Waals surface area contributed by atoms with Crippen LogP contribution in [-0.4, -0.2) is 26.3 Å². The van der Waals surface area contributed by atoms with Gasteiger partial charge in [0.15, 0.2) is 0 Å². The van der Waals surface area contributed by atoms with Gasteiger partial charge in [0.1, 0.15) is 23.9 Å². The number of likely N-dealkylation sites (N-methyl/N-ethyl adjacent to an activating group) is 1. The van der Waals surface area contributed by atoms with Crippen LogP contribution in [0.3, 0.4) is 0 Å². The third kappa shape index (κ3) is 3.96. The maximum Gasteiger partial charge on any atom is 0.387 e. The van der Waals surface area contributed by atoms with Crippen molar-refractivity contribution in [1.82, 2.24) is 5.32 Å². The monoisotopic (exact) mass is 349 g/mol. The van der Waals surface area contributed by atoms with Gasteiger partial charge in [-0.2, -0.15) is 8.78 Å². The summed E-state index contributed by atoms with van der Waals surface area (Å²) in [6.45, 7) is 0.832. The van der Waals surface area contributed by atoms with Crippen LogP contribution in [0.1, 0.15) is 18.1 Å². The molecular weight excluding hydrogens is 331 g/mol. The lowest BCUT2D eigenvalue weighted by Crippen LogP contribution is -2.23. The van der Waals surface area contributed by atoms with Crippen molar-refractivity contribution in [1.29, 1.82) is 0 Å². The summed E-state index contributed by atoms with van der Waals surface area (Å²) in [5.74, 6) is 0.308. The number of benzene rings is 2. The number of hydrogen-bond acceptors (Lipinski definition) is 3. The highest BCUT2D eigenvalue weighted by atomic mass is 19.3. The molecule has 0 spiro atoms. The zero-order chi connectivity index (χ0) is 17.8. The van der Waals surface area contributed by atoms with Gasteiger partial charge >= 0.3 is 6.61 Å². The van der Waals surface area contributed by atoms with E-state index in [-0.39, 0.29) is 11.6 Å². The Kier molecular flexibility index (Phi) is 5.28. The second-order valence-electron chi connectivity index (χ2n) is 5.59. The number of hydrogen-bond donors (Lipinski definition) is 1. The molecule has 6 heteroatoms. The first-order valence-electron chi connectivity index (χ1n) is 7.99. The van der Waals surface area contributed by atoms with Gasteiger partial charge in [0.2, 0.25) is 0 Å². The molecule has 1 N–H and O–H groups in total. The third-order valence-corrected chi connectivity index (χ3v) is 3.92. The Labute approximate surface area is 144 Å². The molecule has 1 aliphatic heterocycles. The predicted molar refractivity (Wildman–Crippen MR) is 89.5 cm³/mol. The molecule has 0 atom stereocenters. The van der Waals surface area contributed by atoms with Gasteiger partial charge in [-0.05, 0) is 53.6 Å². The standard InChI is InChI=1S/C19H18F3NO2/c1-2-23-10-13-11-24-17-8-7-15(25-19(21)22)9-16(17)18(13)12-3-5-14(20)6-4-12/h3-9,19,23H,2,10-11H2,1H3. The van der Waals surface area contributed by atoms with E-state index in [9.17, 15) is 13.2 Å². The summed E-state index contributed by atoms with van der Waals surface area (Å²) in [5, 5.41) is 3.24. The van der Waals surface area contributed by atoms with Crippen LogP contribution in [0, 0.1) is 5.82 Å². The molecule has 3 rings (SSSR count). The quantitative estimate of drug-likeness (QED) is 0.847. The molecule has 0 radical (unpaired) electrons. The maximum atomic E-state index is 13.3. The maximum absolute atomic E-state index is 13.3. The number of ether oxygens (including phenoxy) is 2. The van der Waals surface area contributed by atoms with Gasteiger partial charge in [0, 0.05) is 12.1 Å². The van der Waals surface area contributed by atoms with Crippen LogP contribution >= 0.6 is 0 Å². The van der Waals surface area contributed by atoms with Crippen LogP contribution in [0.5, 0.6) is 11.5 Å². The Morgan fingerprint density at radius 2 is 1.92 bits per heavy atom. The SMILES string of the molecule is CCNCC1=C(c2ccc(F)cc2)c2cc(OC(F)F)ccc2OC1. The number of alkyl halides is 2. The smallest absolute Gasteiger partial charge is 0.387 e. The van der Waals surface area contributed by atoms with E-state index < -0.39 is 6.61 Å². The van der Waals surface area contributed by atoms with Crippen LogP contribution in [-0.2, 0) is 0 Å². The summed E-state index contributed by atoms with van der Waals surface area (Å²) in [4.78, 5) is 0. The average Bonchev–Trinajstić information content (AvgIpc) is 2.60. The minimum absolute atomic E-state index is 0.0571. The van der Waals surface area contributed by atoms with E-state index in [0.29, 0.717) is 24.5 Å². The van der Waals surface area contributed by atoms with Crippen molar-refractivity contribution in [2.24, 2.45) is 0 Å². The number of halogens is 3. The van der Waals surface area contributed by atoms with E-state index in [1.807, 2.05) is 6.92 Å². The topological polar surface area (TPSA) is 30.5 Å².